The summed E-state index contributed by atoms with van der Waals surface area (Å²) in [5.41, 5.74) is 7.02. The van der Waals surface area contributed by atoms with Gasteiger partial charge in [0, 0.05) is 12.0 Å². The average molecular weight is 370 g/mol. The van der Waals surface area contributed by atoms with Gasteiger partial charge in [0.25, 0.3) is 0 Å². The van der Waals surface area contributed by atoms with E-state index in [0.29, 0.717) is 6.42 Å². The highest BCUT2D eigenvalue weighted by atomic mass is 32.2. The highest BCUT2D eigenvalue weighted by molar-refractivity contribution is 7.89. The van der Waals surface area contributed by atoms with Crippen LogP contribution in [0.1, 0.15) is 29.4 Å². The van der Waals surface area contributed by atoms with Gasteiger partial charge in [0.2, 0.25) is 10.0 Å². The van der Waals surface area contributed by atoms with Gasteiger partial charge < -0.3 is 4.52 Å². The van der Waals surface area contributed by atoms with Crippen LogP contribution in [0.2, 0.25) is 0 Å². The summed E-state index contributed by atoms with van der Waals surface area (Å²) >= 11 is 0. The van der Waals surface area contributed by atoms with Crippen LogP contribution in [0.3, 0.4) is 0 Å². The van der Waals surface area contributed by atoms with Crippen LogP contribution in [-0.4, -0.2) is 13.6 Å². The van der Waals surface area contributed by atoms with Crippen molar-refractivity contribution in [1.82, 2.24) is 5.16 Å². The van der Waals surface area contributed by atoms with E-state index in [1.54, 1.807) is 12.1 Å². The van der Waals surface area contributed by atoms with Gasteiger partial charge in [0.05, 0.1) is 10.5 Å². The molecule has 6 heteroatoms. The fraction of sp³-hybridized carbons (Fsp3) is 0.250. The first-order valence-corrected chi connectivity index (χ1v) is 9.97. The van der Waals surface area contributed by atoms with Gasteiger partial charge >= 0.3 is 0 Å². The summed E-state index contributed by atoms with van der Waals surface area (Å²) in [6.07, 6.45) is 0.684. The van der Waals surface area contributed by atoms with Crippen molar-refractivity contribution in [3.8, 4) is 22.4 Å². The van der Waals surface area contributed by atoms with Gasteiger partial charge in [-0.3, -0.25) is 0 Å². The monoisotopic (exact) mass is 370 g/mol. The summed E-state index contributed by atoms with van der Waals surface area (Å²) in [6.45, 7) is 8.19. The van der Waals surface area contributed by atoms with Crippen LogP contribution in [-0.2, 0) is 16.4 Å². The molecule has 0 aliphatic carbocycles. The van der Waals surface area contributed by atoms with E-state index in [1.807, 2.05) is 6.92 Å². The van der Waals surface area contributed by atoms with Crippen LogP contribution >= 0.6 is 0 Å². The first-order valence-electron chi connectivity index (χ1n) is 8.42. The maximum atomic E-state index is 11.5. The molecule has 2 aromatic carbocycles. The number of hydrogen-bond donors (Lipinski definition) is 1. The molecule has 0 aliphatic rings. The number of nitrogens with zero attached hydrogens (tertiary/aromatic N) is 1. The molecule has 0 atom stereocenters. The van der Waals surface area contributed by atoms with Gasteiger partial charge in [0.15, 0.2) is 0 Å². The van der Waals surface area contributed by atoms with Crippen molar-refractivity contribution in [3.63, 3.8) is 0 Å². The molecule has 0 bridgehead atoms. The first kappa shape index (κ1) is 18.4. The minimum Gasteiger partial charge on any atom is -0.360 e. The van der Waals surface area contributed by atoms with E-state index in [2.05, 4.69) is 38.1 Å². The predicted molar refractivity (Wildman–Crippen MR) is 102 cm³/mol. The van der Waals surface area contributed by atoms with E-state index in [1.165, 1.54) is 17.7 Å². The highest BCUT2D eigenvalue weighted by Crippen LogP contribution is 2.38. The fourth-order valence-corrected chi connectivity index (χ4v) is 3.91. The fourth-order valence-electron chi connectivity index (χ4n) is 3.40. The molecule has 0 spiro atoms. The lowest BCUT2D eigenvalue weighted by molar-refractivity contribution is 0.389. The second-order valence-electron chi connectivity index (χ2n) is 6.53. The molecule has 5 nitrogen and oxygen atoms in total. The molecule has 0 fully saturated rings. The Kier molecular flexibility index (Phi) is 4.73. The molecule has 1 aromatic heterocycles. The second-order valence-corrected chi connectivity index (χ2v) is 8.09. The quantitative estimate of drug-likeness (QED) is 0.748. The largest absolute Gasteiger partial charge is 0.360 e. The van der Waals surface area contributed by atoms with E-state index in [4.69, 9.17) is 9.66 Å². The second kappa shape index (κ2) is 6.70. The van der Waals surface area contributed by atoms with Crippen LogP contribution in [0.5, 0.6) is 0 Å². The molecule has 26 heavy (non-hydrogen) atoms. The topological polar surface area (TPSA) is 86.2 Å². The molecule has 136 valence electrons. The molecule has 3 aromatic rings. The van der Waals surface area contributed by atoms with Crippen LogP contribution in [0.4, 0.5) is 0 Å². The molecular formula is C20H22N2O3S. The Morgan fingerprint density at radius 3 is 2.08 bits per heavy atom. The Hall–Kier alpha value is -2.44. The Bertz CT molecular complexity index is 1040. The first-order chi connectivity index (χ1) is 12.2. The smallest absolute Gasteiger partial charge is 0.238 e. The highest BCUT2D eigenvalue weighted by Gasteiger charge is 2.21. The SMILES string of the molecule is CCc1onc(-c2c(C)cc(C)cc2C)c1-c1ccc(S(N)(=O)=O)cc1. The number of nitrogens with two attached hydrogens (primary N) is 1. The summed E-state index contributed by atoms with van der Waals surface area (Å²) in [7, 11) is -3.72. The Morgan fingerprint density at radius 1 is 1.00 bits per heavy atom. The summed E-state index contributed by atoms with van der Waals surface area (Å²) < 4.78 is 28.6. The summed E-state index contributed by atoms with van der Waals surface area (Å²) in [5, 5.41) is 9.54. The van der Waals surface area contributed by atoms with Gasteiger partial charge in [-0.2, -0.15) is 0 Å². The Labute approximate surface area is 153 Å². The normalized spacial score (nSPS) is 11.7. The van der Waals surface area contributed by atoms with Crippen molar-refractivity contribution in [2.45, 2.75) is 39.0 Å². The molecule has 2 N–H and O–H groups in total. The maximum absolute atomic E-state index is 11.5. The van der Waals surface area contributed by atoms with Crippen molar-refractivity contribution in [2.75, 3.05) is 0 Å². The molecule has 0 unspecified atom stereocenters. The van der Waals surface area contributed by atoms with Crippen molar-refractivity contribution in [3.05, 3.63) is 58.8 Å². The Morgan fingerprint density at radius 2 is 1.58 bits per heavy atom. The maximum Gasteiger partial charge on any atom is 0.238 e. The zero-order valence-corrected chi connectivity index (χ0v) is 16.1. The molecule has 3 rings (SSSR count). The molecule has 0 saturated carbocycles. The van der Waals surface area contributed by atoms with Crippen LogP contribution in [0, 0.1) is 20.8 Å². The molecular weight excluding hydrogens is 348 g/mol. The van der Waals surface area contributed by atoms with Gasteiger partial charge in [0.1, 0.15) is 11.5 Å². The number of aromatic nitrogens is 1. The van der Waals surface area contributed by atoms with E-state index in [-0.39, 0.29) is 4.90 Å². The Balaban J connectivity index is 2.22. The lowest BCUT2D eigenvalue weighted by Crippen LogP contribution is -2.11. The van der Waals surface area contributed by atoms with E-state index in [0.717, 1.165) is 39.3 Å². The lowest BCUT2D eigenvalue weighted by atomic mass is 9.92. The summed E-state index contributed by atoms with van der Waals surface area (Å²) in [5.74, 6) is 0.766. The molecule has 0 amide bonds. The number of hydrogen-bond acceptors (Lipinski definition) is 4. The number of benzene rings is 2. The van der Waals surface area contributed by atoms with E-state index < -0.39 is 10.0 Å². The van der Waals surface area contributed by atoms with Gasteiger partial charge in [-0.25, -0.2) is 13.6 Å². The third-order valence-corrected chi connectivity index (χ3v) is 5.40. The zero-order valence-electron chi connectivity index (χ0n) is 15.3. The van der Waals surface area contributed by atoms with Crippen LogP contribution < -0.4 is 5.14 Å². The van der Waals surface area contributed by atoms with Crippen molar-refractivity contribution < 1.29 is 12.9 Å². The minimum absolute atomic E-state index is 0.0833. The van der Waals surface area contributed by atoms with Crippen molar-refractivity contribution >= 4 is 10.0 Å². The number of primary sulfonamides is 1. The minimum atomic E-state index is -3.72. The standard InChI is InChI=1S/C20H22N2O3S/c1-5-17-19(15-6-8-16(9-7-15)26(21,23)24)20(22-25-17)18-13(3)10-12(2)11-14(18)4/h6-11H,5H2,1-4H3,(H2,21,23,24). The van der Waals surface area contributed by atoms with Crippen molar-refractivity contribution in [1.29, 1.82) is 0 Å². The molecule has 0 aliphatic heterocycles. The molecule has 0 saturated heterocycles. The van der Waals surface area contributed by atoms with Gasteiger partial charge in [-0.05, 0) is 49.6 Å². The molecule has 1 heterocycles. The van der Waals surface area contributed by atoms with Crippen molar-refractivity contribution in [2.24, 2.45) is 5.14 Å². The average Bonchev–Trinajstić information content (AvgIpc) is 2.97. The van der Waals surface area contributed by atoms with Gasteiger partial charge in [-0.1, -0.05) is 41.9 Å². The third-order valence-electron chi connectivity index (χ3n) is 4.47. The number of rotatable bonds is 4. The zero-order chi connectivity index (χ0) is 19.1. The summed E-state index contributed by atoms with van der Waals surface area (Å²) in [6, 6.07) is 10.8. The summed E-state index contributed by atoms with van der Waals surface area (Å²) in [4.78, 5) is 0.0833. The third kappa shape index (κ3) is 3.30. The van der Waals surface area contributed by atoms with E-state index >= 15 is 0 Å². The van der Waals surface area contributed by atoms with Crippen LogP contribution in [0.15, 0.2) is 45.8 Å². The number of aryl methyl sites for hydroxylation is 4. The lowest BCUT2D eigenvalue weighted by Gasteiger charge is -2.11. The van der Waals surface area contributed by atoms with Gasteiger partial charge in [-0.15, -0.1) is 0 Å². The van der Waals surface area contributed by atoms with Crippen LogP contribution in [0.25, 0.3) is 22.4 Å². The number of sulfonamides is 1. The predicted octanol–water partition coefficient (Wildman–Crippen LogP) is 4.14. The molecule has 0 radical (unpaired) electrons. The van der Waals surface area contributed by atoms with E-state index in [9.17, 15) is 8.42 Å².